The Hall–Kier alpha value is -3.79. The molecule has 0 unspecified atom stereocenters. The quantitative estimate of drug-likeness (QED) is 0.498. The zero-order valence-electron chi connectivity index (χ0n) is 19.2. The largest absolute Gasteiger partial charge is 0.497 e. The number of hydrogen-bond acceptors (Lipinski definition) is 7. The van der Waals surface area contributed by atoms with Crippen molar-refractivity contribution in [1.82, 2.24) is 15.2 Å². The average Bonchev–Trinajstić information content (AvgIpc) is 3.50. The predicted octanol–water partition coefficient (Wildman–Crippen LogP) is 4.25. The normalized spacial score (nSPS) is 11.9. The van der Waals surface area contributed by atoms with Gasteiger partial charge in [0.25, 0.3) is 5.91 Å². The molecule has 0 aliphatic carbocycles. The fourth-order valence-corrected chi connectivity index (χ4v) is 4.09. The molecule has 0 saturated heterocycles. The lowest BCUT2D eigenvalue weighted by atomic mass is 10.2. The number of carbonyl (C=O) groups is 2. The topological polar surface area (TPSA) is 102 Å². The summed E-state index contributed by atoms with van der Waals surface area (Å²) in [7, 11) is 1.59. The van der Waals surface area contributed by atoms with E-state index in [1.807, 2.05) is 32.0 Å². The summed E-state index contributed by atoms with van der Waals surface area (Å²) < 4.78 is 15.8. The second-order valence-electron chi connectivity index (χ2n) is 7.88. The van der Waals surface area contributed by atoms with E-state index in [-0.39, 0.29) is 24.8 Å². The van der Waals surface area contributed by atoms with Crippen LogP contribution >= 0.6 is 11.3 Å². The summed E-state index contributed by atoms with van der Waals surface area (Å²) in [6.07, 6.45) is 0. The van der Waals surface area contributed by atoms with Crippen molar-refractivity contribution < 1.29 is 23.8 Å². The Morgan fingerprint density at radius 3 is 2.65 bits per heavy atom. The molecule has 1 aliphatic heterocycles. The molecule has 1 aromatic heterocycles. The monoisotopic (exact) mass is 482 g/mol. The number of ether oxygens (including phenoxy) is 3. The lowest BCUT2D eigenvalue weighted by Gasteiger charge is -2.26. The number of benzene rings is 2. The number of rotatable bonds is 8. The molecule has 2 heterocycles. The van der Waals surface area contributed by atoms with Gasteiger partial charge in [0.1, 0.15) is 16.5 Å². The highest BCUT2D eigenvalue weighted by molar-refractivity contribution is 7.09. The molecular weight excluding hydrogens is 456 g/mol. The zero-order chi connectivity index (χ0) is 24.1. The molecule has 0 atom stereocenters. The van der Waals surface area contributed by atoms with Gasteiger partial charge in [-0.2, -0.15) is 0 Å². The maximum Gasteiger partial charge on any atom is 0.322 e. The number of carbonyl (C=O) groups excluding carboxylic acids is 2. The minimum atomic E-state index is -0.279. The molecule has 0 saturated carbocycles. The van der Waals surface area contributed by atoms with Crippen LogP contribution < -0.4 is 24.8 Å². The molecule has 10 heteroatoms. The molecule has 2 aromatic carbocycles. The summed E-state index contributed by atoms with van der Waals surface area (Å²) >= 11 is 1.34. The molecule has 34 heavy (non-hydrogen) atoms. The molecule has 0 spiro atoms. The standard InChI is InChI=1S/C24H26N4O5S/c1-15(2)28(24(30)26-17-5-7-18(31-3)8-6-17)12-22-27-19(13-34-22)23(29)25-11-16-4-9-20-21(10-16)33-14-32-20/h4-10,13,15H,11-12,14H2,1-3H3,(H,25,29)(H,26,30). The van der Waals surface area contributed by atoms with Crippen molar-refractivity contribution in [1.29, 1.82) is 0 Å². The Bertz CT molecular complexity index is 1160. The second kappa shape index (κ2) is 10.4. The van der Waals surface area contributed by atoms with Crippen LogP contribution in [-0.2, 0) is 13.1 Å². The Morgan fingerprint density at radius 2 is 1.91 bits per heavy atom. The number of methoxy groups -OCH3 is 1. The first-order valence-electron chi connectivity index (χ1n) is 10.8. The first kappa shape index (κ1) is 23.4. The lowest BCUT2D eigenvalue weighted by molar-refractivity contribution is 0.0946. The van der Waals surface area contributed by atoms with Crippen molar-refractivity contribution in [3.8, 4) is 17.2 Å². The minimum Gasteiger partial charge on any atom is -0.497 e. The summed E-state index contributed by atoms with van der Waals surface area (Å²) in [4.78, 5) is 31.5. The molecule has 0 fully saturated rings. The van der Waals surface area contributed by atoms with Gasteiger partial charge in [-0.05, 0) is 55.8 Å². The first-order valence-corrected chi connectivity index (χ1v) is 11.6. The van der Waals surface area contributed by atoms with Crippen molar-refractivity contribution >= 4 is 29.0 Å². The number of fused-ring (bicyclic) bond motifs is 1. The third kappa shape index (κ3) is 5.57. The number of nitrogens with one attached hydrogen (secondary N) is 2. The van der Waals surface area contributed by atoms with Crippen LogP contribution in [0.2, 0.25) is 0 Å². The first-order chi connectivity index (χ1) is 16.4. The van der Waals surface area contributed by atoms with Crippen molar-refractivity contribution in [2.45, 2.75) is 33.0 Å². The number of amides is 3. The van der Waals surface area contributed by atoms with E-state index in [0.29, 0.717) is 46.7 Å². The second-order valence-corrected chi connectivity index (χ2v) is 8.82. The highest BCUT2D eigenvalue weighted by Gasteiger charge is 2.20. The number of urea groups is 1. The van der Waals surface area contributed by atoms with E-state index in [4.69, 9.17) is 14.2 Å². The Labute approximate surface area is 201 Å². The van der Waals surface area contributed by atoms with Crippen LogP contribution in [0.15, 0.2) is 47.8 Å². The van der Waals surface area contributed by atoms with E-state index >= 15 is 0 Å². The van der Waals surface area contributed by atoms with Gasteiger partial charge in [0.05, 0.1) is 13.7 Å². The van der Waals surface area contributed by atoms with Crippen LogP contribution in [-0.4, -0.2) is 41.8 Å². The molecule has 3 amide bonds. The molecule has 3 aromatic rings. The molecule has 1 aliphatic rings. The van der Waals surface area contributed by atoms with Gasteiger partial charge in [-0.15, -0.1) is 11.3 Å². The summed E-state index contributed by atoms with van der Waals surface area (Å²) in [6, 6.07) is 12.4. The maximum atomic E-state index is 12.9. The molecule has 178 valence electrons. The van der Waals surface area contributed by atoms with E-state index in [1.54, 1.807) is 41.7 Å². The average molecular weight is 483 g/mol. The summed E-state index contributed by atoms with van der Waals surface area (Å²) in [5.41, 5.74) is 1.88. The van der Waals surface area contributed by atoms with Crippen LogP contribution in [0.25, 0.3) is 0 Å². The molecule has 4 rings (SSSR count). The fraction of sp³-hybridized carbons (Fsp3) is 0.292. The van der Waals surface area contributed by atoms with Gasteiger partial charge in [-0.3, -0.25) is 4.79 Å². The van der Waals surface area contributed by atoms with Crippen molar-refractivity contribution in [2.75, 3.05) is 19.2 Å². The summed E-state index contributed by atoms with van der Waals surface area (Å²) in [6.45, 7) is 4.70. The molecule has 2 N–H and O–H groups in total. The van der Waals surface area contributed by atoms with E-state index in [0.717, 1.165) is 5.56 Å². The van der Waals surface area contributed by atoms with Gasteiger partial charge in [0, 0.05) is 23.7 Å². The van der Waals surface area contributed by atoms with Crippen LogP contribution in [0.3, 0.4) is 0 Å². The highest BCUT2D eigenvalue weighted by atomic mass is 32.1. The molecule has 0 radical (unpaired) electrons. The Kier molecular flexibility index (Phi) is 7.17. The number of hydrogen-bond donors (Lipinski definition) is 2. The van der Waals surface area contributed by atoms with Gasteiger partial charge in [-0.1, -0.05) is 6.07 Å². The molecule has 9 nitrogen and oxygen atoms in total. The summed E-state index contributed by atoms with van der Waals surface area (Å²) in [5, 5.41) is 8.13. The smallest absolute Gasteiger partial charge is 0.322 e. The van der Waals surface area contributed by atoms with Gasteiger partial charge in [0.2, 0.25) is 6.79 Å². The Balaban J connectivity index is 1.34. The van der Waals surface area contributed by atoms with Crippen molar-refractivity contribution in [2.24, 2.45) is 0 Å². The zero-order valence-corrected chi connectivity index (χ0v) is 20.0. The Morgan fingerprint density at radius 1 is 1.15 bits per heavy atom. The highest BCUT2D eigenvalue weighted by Crippen LogP contribution is 2.32. The van der Waals surface area contributed by atoms with Gasteiger partial charge < -0.3 is 29.7 Å². The number of anilines is 1. The molecular formula is C24H26N4O5S. The third-order valence-corrected chi connectivity index (χ3v) is 6.04. The SMILES string of the molecule is COc1ccc(NC(=O)N(Cc2nc(C(=O)NCc3ccc4c(c3)OCO4)cs2)C(C)C)cc1. The van der Waals surface area contributed by atoms with E-state index < -0.39 is 0 Å². The fourth-order valence-electron chi connectivity index (χ4n) is 3.32. The maximum absolute atomic E-state index is 12.9. The number of thiazole rings is 1. The van der Waals surface area contributed by atoms with Gasteiger partial charge in [0.15, 0.2) is 11.5 Å². The minimum absolute atomic E-state index is 0.0644. The third-order valence-electron chi connectivity index (χ3n) is 5.21. The van der Waals surface area contributed by atoms with Crippen molar-refractivity contribution in [3.05, 3.63) is 64.1 Å². The van der Waals surface area contributed by atoms with E-state index in [2.05, 4.69) is 15.6 Å². The lowest BCUT2D eigenvalue weighted by Crippen LogP contribution is -2.39. The van der Waals surface area contributed by atoms with Crippen LogP contribution in [0.5, 0.6) is 17.2 Å². The number of nitrogens with zero attached hydrogens (tertiary/aromatic N) is 2. The van der Waals surface area contributed by atoms with Crippen LogP contribution in [0.4, 0.5) is 10.5 Å². The van der Waals surface area contributed by atoms with E-state index in [9.17, 15) is 9.59 Å². The van der Waals surface area contributed by atoms with E-state index in [1.165, 1.54) is 11.3 Å². The summed E-state index contributed by atoms with van der Waals surface area (Å²) in [5.74, 6) is 1.80. The molecule has 0 bridgehead atoms. The van der Waals surface area contributed by atoms with Crippen LogP contribution in [0.1, 0.15) is 34.9 Å². The number of aromatic nitrogens is 1. The van der Waals surface area contributed by atoms with Gasteiger partial charge >= 0.3 is 6.03 Å². The predicted molar refractivity (Wildman–Crippen MR) is 129 cm³/mol. The van der Waals surface area contributed by atoms with Gasteiger partial charge in [-0.25, -0.2) is 9.78 Å². The van der Waals surface area contributed by atoms with Crippen LogP contribution in [0, 0.1) is 0 Å². The van der Waals surface area contributed by atoms with Crippen molar-refractivity contribution in [3.63, 3.8) is 0 Å².